The Balaban J connectivity index is 1.75. The van der Waals surface area contributed by atoms with Crippen molar-refractivity contribution in [2.24, 2.45) is 5.92 Å². The van der Waals surface area contributed by atoms with Gasteiger partial charge >= 0.3 is 0 Å². The first-order valence-corrected chi connectivity index (χ1v) is 10.2. The number of nitrogens with zero attached hydrogens (tertiary/aromatic N) is 3. The summed E-state index contributed by atoms with van der Waals surface area (Å²) in [5, 5.41) is 10.2. The van der Waals surface area contributed by atoms with E-state index in [1.54, 1.807) is 14.0 Å². The zero-order chi connectivity index (χ0) is 20.5. The van der Waals surface area contributed by atoms with Gasteiger partial charge in [0.05, 0.1) is 6.54 Å². The van der Waals surface area contributed by atoms with Crippen molar-refractivity contribution in [2.45, 2.75) is 71.0 Å². The molecule has 28 heavy (non-hydrogen) atoms. The standard InChI is InChI=1S/C20H31N5O3/c1-13(2)9-10-21-17(26)15-11-16-18(27)24(4)20(3,12-25(16)23-15)19(28)22-14-7-5-6-8-14/h11,13-14H,5-10,12H2,1-4H3,(H,21,26)(H,22,28)/t20-/m0/s1. The summed E-state index contributed by atoms with van der Waals surface area (Å²) in [5.74, 6) is -0.275. The minimum atomic E-state index is -1.04. The molecule has 1 aromatic heterocycles. The number of amides is 3. The highest BCUT2D eigenvalue weighted by Gasteiger charge is 2.46. The summed E-state index contributed by atoms with van der Waals surface area (Å²) >= 11 is 0. The lowest BCUT2D eigenvalue weighted by Gasteiger charge is -2.41. The van der Waals surface area contributed by atoms with Gasteiger partial charge in [-0.2, -0.15) is 5.10 Å². The van der Waals surface area contributed by atoms with Crippen LogP contribution < -0.4 is 10.6 Å². The summed E-state index contributed by atoms with van der Waals surface area (Å²) < 4.78 is 1.49. The fourth-order valence-electron chi connectivity index (χ4n) is 3.81. The molecular formula is C20H31N5O3. The maximum atomic E-state index is 13.0. The Kier molecular flexibility index (Phi) is 5.76. The fourth-order valence-corrected chi connectivity index (χ4v) is 3.81. The van der Waals surface area contributed by atoms with Crippen molar-refractivity contribution < 1.29 is 14.4 Å². The second-order valence-corrected chi connectivity index (χ2v) is 8.60. The number of carbonyl (C=O) groups excluding carboxylic acids is 3. The highest BCUT2D eigenvalue weighted by atomic mass is 16.2. The molecule has 0 spiro atoms. The van der Waals surface area contributed by atoms with Gasteiger partial charge in [0, 0.05) is 25.7 Å². The molecule has 2 aliphatic rings. The third-order valence-electron chi connectivity index (χ3n) is 5.92. The second kappa shape index (κ2) is 7.93. The number of hydrogen-bond donors (Lipinski definition) is 2. The minimum absolute atomic E-state index is 0.167. The molecule has 0 aromatic carbocycles. The molecule has 2 N–H and O–H groups in total. The van der Waals surface area contributed by atoms with Gasteiger partial charge in [0.1, 0.15) is 11.2 Å². The molecule has 3 amide bonds. The molecule has 0 bridgehead atoms. The normalized spacial score (nSPS) is 22.5. The minimum Gasteiger partial charge on any atom is -0.351 e. The van der Waals surface area contributed by atoms with Crippen LogP contribution in [0.15, 0.2) is 6.07 Å². The Morgan fingerprint density at radius 1 is 1.32 bits per heavy atom. The van der Waals surface area contributed by atoms with Crippen LogP contribution in [-0.4, -0.2) is 57.6 Å². The van der Waals surface area contributed by atoms with Crippen LogP contribution in [0, 0.1) is 5.92 Å². The Bertz CT molecular complexity index is 766. The van der Waals surface area contributed by atoms with Gasteiger partial charge in [0.25, 0.3) is 11.8 Å². The zero-order valence-electron chi connectivity index (χ0n) is 17.2. The van der Waals surface area contributed by atoms with E-state index < -0.39 is 5.54 Å². The predicted octanol–water partition coefficient (Wildman–Crippen LogP) is 1.56. The Labute approximate surface area is 166 Å². The number of rotatable bonds is 6. The van der Waals surface area contributed by atoms with Gasteiger partial charge in [-0.1, -0.05) is 26.7 Å². The summed E-state index contributed by atoms with van der Waals surface area (Å²) in [6.45, 7) is 6.72. The molecule has 0 saturated heterocycles. The largest absolute Gasteiger partial charge is 0.351 e. The van der Waals surface area contributed by atoms with E-state index in [-0.39, 0.29) is 36.0 Å². The van der Waals surface area contributed by atoms with Crippen LogP contribution in [0.5, 0.6) is 0 Å². The van der Waals surface area contributed by atoms with Crippen LogP contribution in [0.1, 0.15) is 73.9 Å². The quantitative estimate of drug-likeness (QED) is 0.772. The van der Waals surface area contributed by atoms with Gasteiger partial charge in [-0.05, 0) is 32.1 Å². The first-order chi connectivity index (χ1) is 13.2. The molecule has 3 rings (SSSR count). The predicted molar refractivity (Wildman–Crippen MR) is 105 cm³/mol. The average molecular weight is 390 g/mol. The Hall–Kier alpha value is -2.38. The molecule has 1 aromatic rings. The molecular weight excluding hydrogens is 358 g/mol. The molecule has 2 heterocycles. The van der Waals surface area contributed by atoms with Crippen LogP contribution in [0.2, 0.25) is 0 Å². The Morgan fingerprint density at radius 3 is 2.64 bits per heavy atom. The molecule has 0 radical (unpaired) electrons. The van der Waals surface area contributed by atoms with E-state index in [1.165, 1.54) is 15.6 Å². The third-order valence-corrected chi connectivity index (χ3v) is 5.92. The van der Waals surface area contributed by atoms with Crippen molar-refractivity contribution in [3.63, 3.8) is 0 Å². The molecule has 1 aliphatic heterocycles. The van der Waals surface area contributed by atoms with E-state index in [4.69, 9.17) is 0 Å². The lowest BCUT2D eigenvalue weighted by Crippen LogP contribution is -2.63. The van der Waals surface area contributed by atoms with Crippen molar-refractivity contribution in [3.8, 4) is 0 Å². The van der Waals surface area contributed by atoms with Crippen LogP contribution in [0.25, 0.3) is 0 Å². The molecule has 1 fully saturated rings. The smallest absolute Gasteiger partial charge is 0.272 e. The zero-order valence-corrected chi connectivity index (χ0v) is 17.2. The van der Waals surface area contributed by atoms with E-state index in [1.807, 2.05) is 0 Å². The summed E-state index contributed by atoms with van der Waals surface area (Å²) in [6.07, 6.45) is 5.07. The highest BCUT2D eigenvalue weighted by Crippen LogP contribution is 2.27. The number of hydrogen-bond acceptors (Lipinski definition) is 4. The van der Waals surface area contributed by atoms with Crippen molar-refractivity contribution in [1.29, 1.82) is 0 Å². The van der Waals surface area contributed by atoms with Crippen molar-refractivity contribution in [1.82, 2.24) is 25.3 Å². The number of nitrogens with one attached hydrogen (secondary N) is 2. The first-order valence-electron chi connectivity index (χ1n) is 10.2. The van der Waals surface area contributed by atoms with E-state index in [0.717, 1.165) is 32.1 Å². The van der Waals surface area contributed by atoms with Crippen LogP contribution in [-0.2, 0) is 11.3 Å². The number of aromatic nitrogens is 2. The maximum absolute atomic E-state index is 13.0. The van der Waals surface area contributed by atoms with Crippen molar-refractivity contribution >= 4 is 17.7 Å². The fraction of sp³-hybridized carbons (Fsp3) is 0.700. The topological polar surface area (TPSA) is 96.3 Å². The van der Waals surface area contributed by atoms with Gasteiger partial charge in [0.2, 0.25) is 5.91 Å². The maximum Gasteiger partial charge on any atom is 0.272 e. The number of carbonyl (C=O) groups is 3. The van der Waals surface area contributed by atoms with Crippen LogP contribution in [0.3, 0.4) is 0 Å². The van der Waals surface area contributed by atoms with E-state index in [0.29, 0.717) is 18.2 Å². The van der Waals surface area contributed by atoms with Gasteiger partial charge in [0.15, 0.2) is 5.69 Å². The van der Waals surface area contributed by atoms with Gasteiger partial charge in [-0.15, -0.1) is 0 Å². The lowest BCUT2D eigenvalue weighted by molar-refractivity contribution is -0.133. The van der Waals surface area contributed by atoms with Crippen LogP contribution in [0.4, 0.5) is 0 Å². The molecule has 0 unspecified atom stereocenters. The van der Waals surface area contributed by atoms with Gasteiger partial charge < -0.3 is 15.5 Å². The van der Waals surface area contributed by atoms with Gasteiger partial charge in [-0.25, -0.2) is 0 Å². The van der Waals surface area contributed by atoms with Crippen molar-refractivity contribution in [2.75, 3.05) is 13.6 Å². The molecule has 8 nitrogen and oxygen atoms in total. The highest BCUT2D eigenvalue weighted by molar-refractivity contribution is 6.01. The van der Waals surface area contributed by atoms with E-state index in [2.05, 4.69) is 29.6 Å². The average Bonchev–Trinajstić information content (AvgIpc) is 3.29. The molecule has 1 aliphatic carbocycles. The SMILES string of the molecule is CC(C)CCNC(=O)c1cc2n(n1)C[C@@](C)(C(=O)NC1CCCC1)N(C)C2=O. The summed E-state index contributed by atoms with van der Waals surface area (Å²) in [6, 6.07) is 1.69. The van der Waals surface area contributed by atoms with E-state index >= 15 is 0 Å². The summed E-state index contributed by atoms with van der Waals surface area (Å²) in [4.78, 5) is 39.7. The number of fused-ring (bicyclic) bond motifs is 1. The van der Waals surface area contributed by atoms with Crippen LogP contribution >= 0.6 is 0 Å². The molecule has 154 valence electrons. The van der Waals surface area contributed by atoms with Gasteiger partial charge in [-0.3, -0.25) is 19.1 Å². The lowest BCUT2D eigenvalue weighted by atomic mass is 9.95. The van der Waals surface area contributed by atoms with E-state index in [9.17, 15) is 14.4 Å². The Morgan fingerprint density at radius 2 is 2.00 bits per heavy atom. The summed E-state index contributed by atoms with van der Waals surface area (Å²) in [5.41, 5.74) is -0.493. The number of likely N-dealkylation sites (N-methyl/N-ethyl adjacent to an activating group) is 1. The molecule has 1 atom stereocenters. The molecule has 8 heteroatoms. The second-order valence-electron chi connectivity index (χ2n) is 8.60. The monoisotopic (exact) mass is 389 g/mol. The first kappa shape index (κ1) is 20.4. The molecule has 1 saturated carbocycles. The van der Waals surface area contributed by atoms with Crippen molar-refractivity contribution in [3.05, 3.63) is 17.5 Å². The third kappa shape index (κ3) is 3.91. The summed E-state index contributed by atoms with van der Waals surface area (Å²) in [7, 11) is 1.63.